The van der Waals surface area contributed by atoms with Crippen molar-refractivity contribution in [2.24, 2.45) is 5.92 Å². The van der Waals surface area contributed by atoms with E-state index in [2.05, 4.69) is 62.3 Å². The molecule has 0 aliphatic rings. The number of rotatable bonds is 8. The Kier molecular flexibility index (Phi) is 6.90. The third-order valence-electron chi connectivity index (χ3n) is 3.15. The molecular formula is C15H28N2S. The van der Waals surface area contributed by atoms with Crippen molar-refractivity contribution >= 4 is 11.3 Å². The summed E-state index contributed by atoms with van der Waals surface area (Å²) in [6.07, 6.45) is 0. The quantitative estimate of drug-likeness (QED) is 0.772. The van der Waals surface area contributed by atoms with Crippen LogP contribution in [0.4, 0.5) is 0 Å². The molecule has 0 fully saturated rings. The number of nitrogens with zero attached hydrogens (tertiary/aromatic N) is 1. The van der Waals surface area contributed by atoms with Gasteiger partial charge in [-0.1, -0.05) is 19.9 Å². The van der Waals surface area contributed by atoms with Crippen molar-refractivity contribution in [1.82, 2.24) is 10.2 Å². The van der Waals surface area contributed by atoms with E-state index in [0.29, 0.717) is 12.1 Å². The van der Waals surface area contributed by atoms with Crippen LogP contribution in [0.25, 0.3) is 0 Å². The zero-order valence-corrected chi connectivity index (χ0v) is 13.3. The minimum absolute atomic E-state index is 0.470. The molecule has 104 valence electrons. The number of hydrogen-bond acceptors (Lipinski definition) is 3. The second-order valence-electron chi connectivity index (χ2n) is 5.67. The summed E-state index contributed by atoms with van der Waals surface area (Å²) in [5.74, 6) is 0.738. The summed E-state index contributed by atoms with van der Waals surface area (Å²) in [4.78, 5) is 3.98. The maximum atomic E-state index is 3.61. The Balaban J connectivity index is 2.30. The van der Waals surface area contributed by atoms with Crippen LogP contribution in [0.5, 0.6) is 0 Å². The third kappa shape index (κ3) is 5.51. The minimum Gasteiger partial charge on any atom is -0.308 e. The van der Waals surface area contributed by atoms with Gasteiger partial charge in [-0.2, -0.15) is 0 Å². The Hall–Kier alpha value is -0.380. The highest BCUT2D eigenvalue weighted by molar-refractivity contribution is 7.10. The standard InChI is InChI=1S/C15H28N2S/c1-12(2)11-17(13(3)4)9-8-16-14(5)15-7-6-10-18-15/h6-7,10,12-14,16H,8-9,11H2,1-5H3. The summed E-state index contributed by atoms with van der Waals surface area (Å²) in [6.45, 7) is 14.8. The van der Waals surface area contributed by atoms with Gasteiger partial charge in [-0.3, -0.25) is 4.90 Å². The largest absolute Gasteiger partial charge is 0.308 e. The van der Waals surface area contributed by atoms with Crippen molar-refractivity contribution in [1.29, 1.82) is 0 Å². The third-order valence-corrected chi connectivity index (χ3v) is 4.20. The fourth-order valence-electron chi connectivity index (χ4n) is 2.09. The lowest BCUT2D eigenvalue weighted by molar-refractivity contribution is 0.196. The zero-order chi connectivity index (χ0) is 13.5. The van der Waals surface area contributed by atoms with Crippen molar-refractivity contribution < 1.29 is 0 Å². The maximum absolute atomic E-state index is 3.61. The molecule has 1 atom stereocenters. The molecule has 1 aromatic heterocycles. The van der Waals surface area contributed by atoms with Crippen LogP contribution >= 0.6 is 11.3 Å². The lowest BCUT2D eigenvalue weighted by Gasteiger charge is -2.28. The fourth-order valence-corrected chi connectivity index (χ4v) is 2.85. The van der Waals surface area contributed by atoms with E-state index in [-0.39, 0.29) is 0 Å². The highest BCUT2D eigenvalue weighted by Gasteiger charge is 2.11. The molecule has 0 aliphatic carbocycles. The number of hydrogen-bond donors (Lipinski definition) is 1. The second kappa shape index (κ2) is 7.93. The number of nitrogens with one attached hydrogen (secondary N) is 1. The normalized spacial score (nSPS) is 13.8. The molecule has 1 aromatic rings. The molecule has 0 spiro atoms. The number of thiophene rings is 1. The summed E-state index contributed by atoms with van der Waals surface area (Å²) in [7, 11) is 0. The predicted octanol–water partition coefficient (Wildman–Crippen LogP) is 3.77. The van der Waals surface area contributed by atoms with Gasteiger partial charge in [0.25, 0.3) is 0 Å². The van der Waals surface area contributed by atoms with Crippen molar-refractivity contribution in [3.05, 3.63) is 22.4 Å². The van der Waals surface area contributed by atoms with Gasteiger partial charge in [-0.25, -0.2) is 0 Å². The van der Waals surface area contributed by atoms with Crippen molar-refractivity contribution in [3.8, 4) is 0 Å². The molecule has 0 saturated heterocycles. The Bertz CT molecular complexity index is 306. The molecule has 18 heavy (non-hydrogen) atoms. The van der Waals surface area contributed by atoms with Crippen molar-refractivity contribution in [3.63, 3.8) is 0 Å². The van der Waals surface area contributed by atoms with Gasteiger partial charge in [0, 0.05) is 36.6 Å². The SMILES string of the molecule is CC(C)CN(CCNC(C)c1cccs1)C(C)C. The Morgan fingerprint density at radius 3 is 2.44 bits per heavy atom. The lowest BCUT2D eigenvalue weighted by atomic mass is 10.2. The van der Waals surface area contributed by atoms with Crippen LogP contribution in [0.15, 0.2) is 17.5 Å². The van der Waals surface area contributed by atoms with Gasteiger partial charge in [-0.05, 0) is 38.1 Å². The van der Waals surface area contributed by atoms with E-state index < -0.39 is 0 Å². The Morgan fingerprint density at radius 1 is 1.22 bits per heavy atom. The summed E-state index contributed by atoms with van der Waals surface area (Å²) in [5.41, 5.74) is 0. The smallest absolute Gasteiger partial charge is 0.0386 e. The van der Waals surface area contributed by atoms with Crippen LogP contribution in [-0.2, 0) is 0 Å². The summed E-state index contributed by atoms with van der Waals surface area (Å²) in [6, 6.07) is 5.43. The molecule has 0 radical (unpaired) electrons. The van der Waals surface area contributed by atoms with Gasteiger partial charge in [-0.15, -0.1) is 11.3 Å². The van der Waals surface area contributed by atoms with Crippen molar-refractivity contribution in [2.45, 2.75) is 46.7 Å². The topological polar surface area (TPSA) is 15.3 Å². The van der Waals surface area contributed by atoms with E-state index in [9.17, 15) is 0 Å². The van der Waals surface area contributed by atoms with E-state index in [4.69, 9.17) is 0 Å². The molecule has 1 rings (SSSR count). The van der Waals surface area contributed by atoms with Gasteiger partial charge in [0.2, 0.25) is 0 Å². The van der Waals surface area contributed by atoms with E-state index in [1.54, 1.807) is 0 Å². The highest BCUT2D eigenvalue weighted by atomic mass is 32.1. The van der Waals surface area contributed by atoms with Gasteiger partial charge < -0.3 is 5.32 Å². The minimum atomic E-state index is 0.470. The predicted molar refractivity (Wildman–Crippen MR) is 82.3 cm³/mol. The Labute approximate surface area is 116 Å². The summed E-state index contributed by atoms with van der Waals surface area (Å²) < 4.78 is 0. The fraction of sp³-hybridized carbons (Fsp3) is 0.733. The molecule has 1 N–H and O–H groups in total. The average molecular weight is 268 g/mol. The molecule has 1 heterocycles. The van der Waals surface area contributed by atoms with Crippen LogP contribution in [0, 0.1) is 5.92 Å². The van der Waals surface area contributed by atoms with E-state index in [1.165, 1.54) is 11.4 Å². The molecule has 0 aromatic carbocycles. The van der Waals surface area contributed by atoms with Crippen molar-refractivity contribution in [2.75, 3.05) is 19.6 Å². The van der Waals surface area contributed by atoms with E-state index in [1.807, 2.05) is 11.3 Å². The lowest BCUT2D eigenvalue weighted by Crippen LogP contribution is -2.39. The van der Waals surface area contributed by atoms with Crippen LogP contribution in [0.2, 0.25) is 0 Å². The van der Waals surface area contributed by atoms with E-state index >= 15 is 0 Å². The summed E-state index contributed by atoms with van der Waals surface area (Å²) >= 11 is 1.83. The molecular weight excluding hydrogens is 240 g/mol. The van der Waals surface area contributed by atoms with Crippen LogP contribution in [-0.4, -0.2) is 30.6 Å². The summed E-state index contributed by atoms with van der Waals surface area (Å²) in [5, 5.41) is 5.76. The highest BCUT2D eigenvalue weighted by Crippen LogP contribution is 2.17. The first-order valence-corrected chi connectivity index (χ1v) is 7.89. The van der Waals surface area contributed by atoms with Gasteiger partial charge in [0.1, 0.15) is 0 Å². The van der Waals surface area contributed by atoms with E-state index in [0.717, 1.165) is 19.0 Å². The molecule has 2 nitrogen and oxygen atoms in total. The van der Waals surface area contributed by atoms with Crippen LogP contribution in [0.3, 0.4) is 0 Å². The van der Waals surface area contributed by atoms with Gasteiger partial charge in [0.15, 0.2) is 0 Å². The first kappa shape index (κ1) is 15.7. The molecule has 0 aliphatic heterocycles. The molecule has 3 heteroatoms. The second-order valence-corrected chi connectivity index (χ2v) is 6.65. The van der Waals surface area contributed by atoms with Crippen LogP contribution in [0.1, 0.15) is 45.5 Å². The maximum Gasteiger partial charge on any atom is 0.0386 e. The first-order chi connectivity index (χ1) is 8.50. The van der Waals surface area contributed by atoms with Crippen LogP contribution < -0.4 is 5.32 Å². The zero-order valence-electron chi connectivity index (χ0n) is 12.4. The van der Waals surface area contributed by atoms with Gasteiger partial charge >= 0.3 is 0 Å². The molecule has 0 saturated carbocycles. The first-order valence-electron chi connectivity index (χ1n) is 7.01. The molecule has 0 bridgehead atoms. The van der Waals surface area contributed by atoms with Gasteiger partial charge in [0.05, 0.1) is 0 Å². The monoisotopic (exact) mass is 268 g/mol. The average Bonchev–Trinajstić information content (AvgIpc) is 2.80. The molecule has 1 unspecified atom stereocenters. The molecule has 0 amide bonds. The Morgan fingerprint density at radius 2 is 1.94 bits per heavy atom.